The molecule has 4 N–H and O–H groups in total. The molecule has 2 unspecified atom stereocenters. The molecular formula is C23H26IN3O7. The number of nitrogens with two attached hydrogens (primary N) is 1. The molecule has 34 heavy (non-hydrogen) atoms. The maximum absolute atomic E-state index is 13.7. The van der Waals surface area contributed by atoms with Gasteiger partial charge in [0.2, 0.25) is 5.91 Å². The van der Waals surface area contributed by atoms with E-state index in [1.54, 1.807) is 34.3 Å². The van der Waals surface area contributed by atoms with E-state index in [4.69, 9.17) is 5.73 Å². The first-order chi connectivity index (χ1) is 15.7. The summed E-state index contributed by atoms with van der Waals surface area (Å²) < 4.78 is 0.424. The summed E-state index contributed by atoms with van der Waals surface area (Å²) in [6, 6.07) is 0.636. The number of halogens is 1. The number of fused-ring (bicyclic) bond motifs is 3. The topological polar surface area (TPSA) is 158 Å². The predicted molar refractivity (Wildman–Crippen MR) is 128 cm³/mol. The van der Waals surface area contributed by atoms with Gasteiger partial charge in [0, 0.05) is 25.7 Å². The standard InChI is InChI=1S/C23H26IN3O7/c1-26(2)12-7-11(24)17(28)14-9(12)5-8-6-10-16(27(3)4)19(30)15(22(25)33)21(32)23(10,34)20(31)13(8)18(14)29/h7-8,10,13,15-16,28,34H,5-6H2,1-4H3,(H2,25,33)/t8-,10-,13?,15?,16-,23-/m0/s1. The summed E-state index contributed by atoms with van der Waals surface area (Å²) in [5, 5.41) is 22.3. The molecular weight excluding hydrogens is 557 g/mol. The highest BCUT2D eigenvalue weighted by Gasteiger charge is 2.69. The maximum atomic E-state index is 13.7. The summed E-state index contributed by atoms with van der Waals surface area (Å²) in [5.41, 5.74) is 3.90. The average Bonchev–Trinajstić information content (AvgIpc) is 2.72. The zero-order valence-corrected chi connectivity index (χ0v) is 21.3. The number of nitrogens with zero attached hydrogens (tertiary/aromatic N) is 2. The van der Waals surface area contributed by atoms with Crippen molar-refractivity contribution in [2.24, 2.45) is 29.4 Å². The van der Waals surface area contributed by atoms with Gasteiger partial charge >= 0.3 is 0 Å². The fraction of sp³-hybridized carbons (Fsp3) is 0.522. The van der Waals surface area contributed by atoms with Crippen molar-refractivity contribution in [2.45, 2.75) is 24.5 Å². The minimum Gasteiger partial charge on any atom is -0.506 e. The van der Waals surface area contributed by atoms with Crippen LogP contribution in [0.25, 0.3) is 0 Å². The molecule has 1 amide bonds. The lowest BCUT2D eigenvalue weighted by atomic mass is 9.52. The van der Waals surface area contributed by atoms with Crippen LogP contribution in [-0.2, 0) is 25.6 Å². The Kier molecular flexibility index (Phi) is 5.89. The second kappa shape index (κ2) is 8.09. The molecule has 0 bridgehead atoms. The number of carbonyl (C=O) groups excluding carboxylic acids is 5. The van der Waals surface area contributed by atoms with Crippen LogP contribution in [0.2, 0.25) is 0 Å². The van der Waals surface area contributed by atoms with Gasteiger partial charge in [-0.2, -0.15) is 0 Å². The van der Waals surface area contributed by atoms with Gasteiger partial charge in [-0.15, -0.1) is 0 Å². The highest BCUT2D eigenvalue weighted by Crippen LogP contribution is 2.52. The average molecular weight is 583 g/mol. The molecule has 3 aliphatic rings. The predicted octanol–water partition coefficient (Wildman–Crippen LogP) is -0.462. The first kappa shape index (κ1) is 24.7. The molecule has 11 heteroatoms. The third kappa shape index (κ3) is 3.16. The van der Waals surface area contributed by atoms with Crippen LogP contribution in [-0.4, -0.2) is 84.0 Å². The van der Waals surface area contributed by atoms with E-state index in [9.17, 15) is 34.2 Å². The van der Waals surface area contributed by atoms with E-state index >= 15 is 0 Å². The number of aliphatic hydroxyl groups is 1. The van der Waals surface area contributed by atoms with E-state index in [0.717, 1.165) is 0 Å². The molecule has 0 radical (unpaired) electrons. The van der Waals surface area contributed by atoms with Crippen LogP contribution in [0.1, 0.15) is 22.3 Å². The lowest BCUT2D eigenvalue weighted by Gasteiger charge is -2.52. The number of anilines is 1. The molecule has 10 nitrogen and oxygen atoms in total. The lowest BCUT2D eigenvalue weighted by molar-refractivity contribution is -0.181. The van der Waals surface area contributed by atoms with Gasteiger partial charge in [-0.1, -0.05) is 0 Å². The number of rotatable bonds is 3. The Morgan fingerprint density at radius 3 is 2.29 bits per heavy atom. The summed E-state index contributed by atoms with van der Waals surface area (Å²) in [5.74, 6) is -10.3. The van der Waals surface area contributed by atoms with Gasteiger partial charge in [-0.3, -0.25) is 28.9 Å². The Labute approximate surface area is 209 Å². The number of aromatic hydroxyl groups is 1. The number of hydrogen-bond donors (Lipinski definition) is 3. The van der Waals surface area contributed by atoms with Crippen LogP contribution in [0.5, 0.6) is 5.75 Å². The summed E-state index contributed by atoms with van der Waals surface area (Å²) in [6.07, 6.45) is 0.271. The molecule has 2 fully saturated rings. The number of Topliss-reactive ketones (excluding diaryl/α,β-unsaturated/α-hetero) is 4. The van der Waals surface area contributed by atoms with E-state index in [1.165, 1.54) is 4.90 Å². The SMILES string of the molecule is CN(C)c1cc(I)c(O)c2c1C[C@H]1C[C@H]3[C@H](N(C)C)C(=O)C(C(N)=O)C(=O)[C@@]3(O)C(=O)C1C2=O. The van der Waals surface area contributed by atoms with Gasteiger partial charge in [0.15, 0.2) is 34.7 Å². The summed E-state index contributed by atoms with van der Waals surface area (Å²) in [6.45, 7) is 0. The third-order valence-corrected chi connectivity index (χ3v) is 8.30. The van der Waals surface area contributed by atoms with Gasteiger partial charge in [-0.05, 0) is 67.1 Å². The Hall–Kier alpha value is -2.38. The van der Waals surface area contributed by atoms with Crippen molar-refractivity contribution < 1.29 is 34.2 Å². The van der Waals surface area contributed by atoms with Crippen LogP contribution in [0.4, 0.5) is 5.69 Å². The van der Waals surface area contributed by atoms with Crippen LogP contribution in [0.3, 0.4) is 0 Å². The minimum atomic E-state index is -2.71. The van der Waals surface area contributed by atoms with Gasteiger partial charge in [0.1, 0.15) is 5.75 Å². The van der Waals surface area contributed by atoms with Crippen LogP contribution in [0, 0.1) is 27.2 Å². The number of amides is 1. The number of hydrogen-bond acceptors (Lipinski definition) is 9. The van der Waals surface area contributed by atoms with Gasteiger partial charge in [-0.25, -0.2) is 0 Å². The van der Waals surface area contributed by atoms with Crippen molar-refractivity contribution in [1.82, 2.24) is 4.90 Å². The first-order valence-corrected chi connectivity index (χ1v) is 11.9. The molecule has 0 aliphatic heterocycles. The summed E-state index contributed by atoms with van der Waals surface area (Å²) >= 11 is 1.90. The van der Waals surface area contributed by atoms with Gasteiger partial charge in [0.25, 0.3) is 0 Å². The fourth-order valence-electron chi connectivity index (χ4n) is 6.02. The number of primary amides is 1. The molecule has 3 aliphatic carbocycles. The van der Waals surface area contributed by atoms with Gasteiger partial charge < -0.3 is 20.8 Å². The largest absolute Gasteiger partial charge is 0.506 e. The molecule has 0 spiro atoms. The second-order valence-corrected chi connectivity index (χ2v) is 10.9. The molecule has 1 aromatic rings. The smallest absolute Gasteiger partial charge is 0.235 e. The first-order valence-electron chi connectivity index (χ1n) is 10.8. The minimum absolute atomic E-state index is 0.00203. The molecule has 4 rings (SSSR count). The number of likely N-dealkylation sites (N-methyl/N-ethyl adjacent to an activating group) is 1. The van der Waals surface area contributed by atoms with Crippen molar-refractivity contribution in [3.05, 3.63) is 20.8 Å². The maximum Gasteiger partial charge on any atom is 0.235 e. The highest BCUT2D eigenvalue weighted by molar-refractivity contribution is 14.1. The van der Waals surface area contributed by atoms with E-state index < -0.39 is 64.4 Å². The number of phenols is 1. The highest BCUT2D eigenvalue weighted by atomic mass is 127. The number of phenolic OH excluding ortho intramolecular Hbond substituents is 1. The third-order valence-electron chi connectivity index (χ3n) is 7.47. The van der Waals surface area contributed by atoms with Crippen molar-refractivity contribution in [2.75, 3.05) is 33.1 Å². The fourth-order valence-corrected chi connectivity index (χ4v) is 6.58. The molecule has 1 aromatic carbocycles. The monoisotopic (exact) mass is 583 g/mol. The quantitative estimate of drug-likeness (QED) is 0.316. The van der Waals surface area contributed by atoms with E-state index in [-0.39, 0.29) is 24.2 Å². The zero-order chi connectivity index (χ0) is 25.4. The normalized spacial score (nSPS) is 32.9. The Bertz CT molecular complexity index is 1160. The summed E-state index contributed by atoms with van der Waals surface area (Å²) in [7, 11) is 6.71. The van der Waals surface area contributed by atoms with Crippen LogP contribution < -0.4 is 10.6 Å². The van der Waals surface area contributed by atoms with Crippen LogP contribution in [0.15, 0.2) is 6.07 Å². The van der Waals surface area contributed by atoms with Crippen molar-refractivity contribution in [3.63, 3.8) is 0 Å². The van der Waals surface area contributed by atoms with Crippen LogP contribution >= 0.6 is 22.6 Å². The molecule has 182 valence electrons. The van der Waals surface area contributed by atoms with Gasteiger partial charge in [0.05, 0.1) is 21.1 Å². The molecule has 0 saturated heterocycles. The summed E-state index contributed by atoms with van der Waals surface area (Å²) in [4.78, 5) is 68.9. The molecule has 0 aromatic heterocycles. The number of carbonyl (C=O) groups is 5. The van der Waals surface area contributed by atoms with Crippen molar-refractivity contribution >= 4 is 57.3 Å². The van der Waals surface area contributed by atoms with Crippen molar-refractivity contribution in [3.8, 4) is 5.75 Å². The zero-order valence-electron chi connectivity index (χ0n) is 19.2. The number of benzene rings is 1. The lowest BCUT2D eigenvalue weighted by Crippen LogP contribution is -2.74. The second-order valence-electron chi connectivity index (χ2n) is 9.76. The molecule has 6 atom stereocenters. The number of ketones is 4. The molecule has 0 heterocycles. The van der Waals surface area contributed by atoms with E-state index in [0.29, 0.717) is 14.8 Å². The Morgan fingerprint density at radius 1 is 1.15 bits per heavy atom. The Balaban J connectivity index is 1.91. The van der Waals surface area contributed by atoms with E-state index in [2.05, 4.69) is 0 Å². The van der Waals surface area contributed by atoms with E-state index in [1.807, 2.05) is 27.5 Å². The molecule has 2 saturated carbocycles. The Morgan fingerprint density at radius 2 is 1.76 bits per heavy atom. The van der Waals surface area contributed by atoms with Crippen molar-refractivity contribution in [1.29, 1.82) is 0 Å².